The molecule has 0 radical (unpaired) electrons. The summed E-state index contributed by atoms with van der Waals surface area (Å²) in [6, 6.07) is 16.5. The molecule has 6 heteroatoms. The first-order valence-corrected chi connectivity index (χ1v) is 9.98. The number of hydrogen-bond donors (Lipinski definition) is 2. The summed E-state index contributed by atoms with van der Waals surface area (Å²) in [5.74, 6) is 0.122. The van der Waals surface area contributed by atoms with Gasteiger partial charge in [-0.2, -0.15) is 0 Å². The SMILES string of the molecule is CCN(Cc1ccccc1)C(=O)CNC(=O)c1ccc(NC(=O)C2CC2C)cc1. The van der Waals surface area contributed by atoms with Gasteiger partial charge in [0.1, 0.15) is 0 Å². The highest BCUT2D eigenvalue weighted by Gasteiger charge is 2.39. The van der Waals surface area contributed by atoms with Gasteiger partial charge in [-0.1, -0.05) is 37.3 Å². The van der Waals surface area contributed by atoms with Gasteiger partial charge in [-0.25, -0.2) is 0 Å². The average Bonchev–Trinajstić information content (AvgIpc) is 3.48. The molecule has 2 unspecified atom stereocenters. The fourth-order valence-corrected chi connectivity index (χ4v) is 3.18. The number of carbonyl (C=O) groups excluding carboxylic acids is 3. The maximum Gasteiger partial charge on any atom is 0.251 e. The molecule has 1 aliphatic carbocycles. The Balaban J connectivity index is 1.49. The molecular formula is C23H27N3O3. The van der Waals surface area contributed by atoms with Crippen LogP contribution in [0.4, 0.5) is 5.69 Å². The molecule has 2 atom stereocenters. The number of carbonyl (C=O) groups is 3. The zero-order chi connectivity index (χ0) is 20.8. The Morgan fingerprint density at radius 2 is 1.69 bits per heavy atom. The van der Waals surface area contributed by atoms with E-state index < -0.39 is 0 Å². The molecular weight excluding hydrogens is 366 g/mol. The molecule has 0 aromatic heterocycles. The maximum atomic E-state index is 12.4. The average molecular weight is 393 g/mol. The number of nitrogens with one attached hydrogen (secondary N) is 2. The lowest BCUT2D eigenvalue weighted by Gasteiger charge is -2.21. The van der Waals surface area contributed by atoms with E-state index in [9.17, 15) is 14.4 Å². The molecule has 3 amide bonds. The highest BCUT2D eigenvalue weighted by Crippen LogP contribution is 2.38. The van der Waals surface area contributed by atoms with Crippen LogP contribution in [-0.4, -0.2) is 35.7 Å². The Hall–Kier alpha value is -3.15. The minimum atomic E-state index is -0.317. The monoisotopic (exact) mass is 393 g/mol. The van der Waals surface area contributed by atoms with Crippen LogP contribution in [0, 0.1) is 11.8 Å². The topological polar surface area (TPSA) is 78.5 Å². The fourth-order valence-electron chi connectivity index (χ4n) is 3.18. The van der Waals surface area contributed by atoms with Crippen molar-refractivity contribution < 1.29 is 14.4 Å². The Bertz CT molecular complexity index is 865. The van der Waals surface area contributed by atoms with E-state index in [4.69, 9.17) is 0 Å². The molecule has 2 aromatic rings. The lowest BCUT2D eigenvalue weighted by molar-refractivity contribution is -0.130. The van der Waals surface area contributed by atoms with E-state index in [2.05, 4.69) is 17.6 Å². The molecule has 0 aliphatic heterocycles. The quantitative estimate of drug-likeness (QED) is 0.724. The highest BCUT2D eigenvalue weighted by molar-refractivity contribution is 5.98. The second kappa shape index (κ2) is 9.37. The fraction of sp³-hybridized carbons (Fsp3) is 0.348. The van der Waals surface area contributed by atoms with Gasteiger partial charge < -0.3 is 15.5 Å². The molecule has 152 valence electrons. The number of benzene rings is 2. The van der Waals surface area contributed by atoms with Crippen LogP contribution in [0.15, 0.2) is 54.6 Å². The van der Waals surface area contributed by atoms with E-state index in [1.165, 1.54) is 0 Å². The summed E-state index contributed by atoms with van der Waals surface area (Å²) < 4.78 is 0. The van der Waals surface area contributed by atoms with Crippen molar-refractivity contribution in [2.45, 2.75) is 26.8 Å². The molecule has 2 N–H and O–H groups in total. The second-order valence-corrected chi connectivity index (χ2v) is 7.46. The molecule has 1 fully saturated rings. The number of nitrogens with zero attached hydrogens (tertiary/aromatic N) is 1. The van der Waals surface area contributed by atoms with Gasteiger partial charge in [0.15, 0.2) is 0 Å². The van der Waals surface area contributed by atoms with Gasteiger partial charge in [-0.05, 0) is 49.1 Å². The van der Waals surface area contributed by atoms with Crippen molar-refractivity contribution in [2.24, 2.45) is 11.8 Å². The Morgan fingerprint density at radius 3 is 2.28 bits per heavy atom. The Kier molecular flexibility index (Phi) is 6.65. The second-order valence-electron chi connectivity index (χ2n) is 7.46. The van der Waals surface area contributed by atoms with Gasteiger partial charge in [0.05, 0.1) is 6.54 Å². The summed E-state index contributed by atoms with van der Waals surface area (Å²) >= 11 is 0. The van der Waals surface area contributed by atoms with Crippen molar-refractivity contribution in [3.63, 3.8) is 0 Å². The van der Waals surface area contributed by atoms with E-state index in [0.717, 1.165) is 12.0 Å². The normalized spacial score (nSPS) is 17.3. The summed E-state index contributed by atoms with van der Waals surface area (Å²) in [4.78, 5) is 38.5. The van der Waals surface area contributed by atoms with E-state index >= 15 is 0 Å². The molecule has 0 spiro atoms. The van der Waals surface area contributed by atoms with Crippen LogP contribution in [0.2, 0.25) is 0 Å². The molecule has 0 bridgehead atoms. The third-order valence-electron chi connectivity index (χ3n) is 5.21. The van der Waals surface area contributed by atoms with Gasteiger partial charge >= 0.3 is 0 Å². The number of hydrogen-bond acceptors (Lipinski definition) is 3. The Morgan fingerprint density at radius 1 is 1.03 bits per heavy atom. The molecule has 29 heavy (non-hydrogen) atoms. The summed E-state index contributed by atoms with van der Waals surface area (Å²) in [6.45, 7) is 4.99. The van der Waals surface area contributed by atoms with E-state index in [-0.39, 0.29) is 30.2 Å². The van der Waals surface area contributed by atoms with Crippen LogP contribution in [0.25, 0.3) is 0 Å². The van der Waals surface area contributed by atoms with Crippen LogP contribution in [0.1, 0.15) is 36.2 Å². The minimum Gasteiger partial charge on any atom is -0.343 e. The number of anilines is 1. The van der Waals surface area contributed by atoms with E-state index in [1.807, 2.05) is 37.3 Å². The zero-order valence-corrected chi connectivity index (χ0v) is 16.9. The Labute approximate surface area is 171 Å². The number of likely N-dealkylation sites (N-methyl/N-ethyl adjacent to an activating group) is 1. The summed E-state index contributed by atoms with van der Waals surface area (Å²) in [5.41, 5.74) is 2.16. The molecule has 2 aromatic carbocycles. The molecule has 0 saturated heterocycles. The standard InChI is InChI=1S/C23H27N3O3/c1-3-26(15-17-7-5-4-6-8-17)21(27)14-24-22(28)18-9-11-19(12-10-18)25-23(29)20-13-16(20)2/h4-12,16,20H,3,13-15H2,1-2H3,(H,24,28)(H,25,29). The molecule has 3 rings (SSSR count). The van der Waals surface area contributed by atoms with Crippen LogP contribution in [0.3, 0.4) is 0 Å². The van der Waals surface area contributed by atoms with Crippen molar-refractivity contribution in [3.05, 3.63) is 65.7 Å². The van der Waals surface area contributed by atoms with Gasteiger partial charge in [0.2, 0.25) is 11.8 Å². The van der Waals surface area contributed by atoms with Gasteiger partial charge in [0, 0.05) is 30.3 Å². The van der Waals surface area contributed by atoms with Crippen molar-refractivity contribution in [1.29, 1.82) is 0 Å². The first-order chi connectivity index (χ1) is 14.0. The third kappa shape index (κ3) is 5.67. The maximum absolute atomic E-state index is 12.4. The van der Waals surface area contributed by atoms with Crippen LogP contribution >= 0.6 is 0 Å². The molecule has 0 heterocycles. The van der Waals surface area contributed by atoms with Crippen molar-refractivity contribution in [2.75, 3.05) is 18.4 Å². The lowest BCUT2D eigenvalue weighted by atomic mass is 10.2. The van der Waals surface area contributed by atoms with Crippen LogP contribution in [-0.2, 0) is 16.1 Å². The summed E-state index contributed by atoms with van der Waals surface area (Å²) in [5, 5.41) is 5.54. The van der Waals surface area contributed by atoms with E-state index in [1.54, 1.807) is 29.2 Å². The predicted octanol–water partition coefficient (Wildman–Crippen LogP) is 3.06. The summed E-state index contributed by atoms with van der Waals surface area (Å²) in [6.07, 6.45) is 0.930. The predicted molar refractivity (Wildman–Crippen MR) is 112 cm³/mol. The van der Waals surface area contributed by atoms with Crippen molar-refractivity contribution >= 4 is 23.4 Å². The lowest BCUT2D eigenvalue weighted by Crippen LogP contribution is -2.39. The first-order valence-electron chi connectivity index (χ1n) is 9.98. The molecule has 6 nitrogen and oxygen atoms in total. The van der Waals surface area contributed by atoms with Gasteiger partial charge in [0.25, 0.3) is 5.91 Å². The largest absolute Gasteiger partial charge is 0.343 e. The molecule has 1 saturated carbocycles. The van der Waals surface area contributed by atoms with Crippen LogP contribution in [0.5, 0.6) is 0 Å². The third-order valence-corrected chi connectivity index (χ3v) is 5.21. The molecule has 1 aliphatic rings. The van der Waals surface area contributed by atoms with Crippen LogP contribution < -0.4 is 10.6 Å². The van der Waals surface area contributed by atoms with E-state index in [0.29, 0.717) is 30.3 Å². The van der Waals surface area contributed by atoms with Gasteiger partial charge in [-0.3, -0.25) is 14.4 Å². The zero-order valence-electron chi connectivity index (χ0n) is 16.9. The smallest absolute Gasteiger partial charge is 0.251 e. The first kappa shape index (κ1) is 20.6. The number of amides is 3. The van der Waals surface area contributed by atoms with Gasteiger partial charge in [-0.15, -0.1) is 0 Å². The number of rotatable bonds is 8. The van der Waals surface area contributed by atoms with Crippen molar-refractivity contribution in [3.8, 4) is 0 Å². The highest BCUT2D eigenvalue weighted by atomic mass is 16.2. The summed E-state index contributed by atoms with van der Waals surface area (Å²) in [7, 11) is 0. The van der Waals surface area contributed by atoms with Crippen molar-refractivity contribution in [1.82, 2.24) is 10.2 Å². The minimum absolute atomic E-state index is 0.0263.